The summed E-state index contributed by atoms with van der Waals surface area (Å²) in [6, 6.07) is 1.05. The van der Waals surface area contributed by atoms with Gasteiger partial charge in [0.05, 0.1) is 0 Å². The fraction of sp³-hybridized carbons (Fsp3) is 1.00. The minimum atomic E-state index is 0.420. The summed E-state index contributed by atoms with van der Waals surface area (Å²) >= 11 is 0. The summed E-state index contributed by atoms with van der Waals surface area (Å²) in [4.78, 5) is 2.25. The quantitative estimate of drug-likeness (QED) is 0.587. The molecule has 0 unspecified atom stereocenters. The smallest absolute Gasteiger partial charge is 0.0241 e. The monoisotopic (exact) mass is 142 g/mol. The van der Waals surface area contributed by atoms with Crippen molar-refractivity contribution in [2.75, 3.05) is 14.1 Å². The van der Waals surface area contributed by atoms with Gasteiger partial charge < -0.3 is 10.6 Å². The standard InChI is InChI=1S/C8H18N2/c1-10(2)8-6-4-3-5-7(8)9/h7-8H,3-6,9H2,1-2H3/t7-,8+/m0/s1. The molecule has 0 amide bonds. The number of nitrogens with two attached hydrogens (primary N) is 1. The average Bonchev–Trinajstić information content (AvgIpc) is 1.88. The maximum atomic E-state index is 5.94. The van der Waals surface area contributed by atoms with E-state index in [1.54, 1.807) is 0 Å². The Morgan fingerprint density at radius 3 is 2.20 bits per heavy atom. The van der Waals surface area contributed by atoms with Crippen molar-refractivity contribution >= 4 is 0 Å². The van der Waals surface area contributed by atoms with Crippen molar-refractivity contribution in [3.05, 3.63) is 0 Å². The zero-order valence-electron chi connectivity index (χ0n) is 7.01. The van der Waals surface area contributed by atoms with Gasteiger partial charge >= 0.3 is 0 Å². The molecule has 1 aliphatic carbocycles. The third-order valence-electron chi connectivity index (χ3n) is 2.44. The summed E-state index contributed by atoms with van der Waals surface area (Å²) in [7, 11) is 4.24. The molecule has 0 spiro atoms. The fourth-order valence-corrected chi connectivity index (χ4v) is 1.78. The molecule has 1 fully saturated rings. The van der Waals surface area contributed by atoms with Crippen LogP contribution in [-0.4, -0.2) is 31.1 Å². The highest BCUT2D eigenvalue weighted by Crippen LogP contribution is 2.19. The fourth-order valence-electron chi connectivity index (χ4n) is 1.78. The van der Waals surface area contributed by atoms with Crippen LogP contribution in [-0.2, 0) is 0 Å². The van der Waals surface area contributed by atoms with E-state index >= 15 is 0 Å². The molecule has 60 valence electrons. The van der Waals surface area contributed by atoms with Crippen molar-refractivity contribution < 1.29 is 0 Å². The van der Waals surface area contributed by atoms with E-state index in [4.69, 9.17) is 5.73 Å². The lowest BCUT2D eigenvalue weighted by Gasteiger charge is -2.33. The molecule has 0 aromatic rings. The Kier molecular flexibility index (Phi) is 2.69. The van der Waals surface area contributed by atoms with Crippen LogP contribution in [0.25, 0.3) is 0 Å². The lowest BCUT2D eigenvalue weighted by atomic mass is 9.90. The molecule has 0 aromatic carbocycles. The van der Waals surface area contributed by atoms with Crippen LogP contribution in [0.15, 0.2) is 0 Å². The van der Waals surface area contributed by atoms with Crippen molar-refractivity contribution in [3.63, 3.8) is 0 Å². The number of likely N-dealkylation sites (N-methyl/N-ethyl adjacent to an activating group) is 1. The molecule has 0 aromatic heterocycles. The summed E-state index contributed by atoms with van der Waals surface area (Å²) < 4.78 is 0. The number of nitrogens with zero attached hydrogens (tertiary/aromatic N) is 1. The Morgan fingerprint density at radius 1 is 1.20 bits per heavy atom. The van der Waals surface area contributed by atoms with E-state index in [-0.39, 0.29) is 0 Å². The predicted octanol–water partition coefficient (Wildman–Crippen LogP) is 0.818. The van der Waals surface area contributed by atoms with Crippen LogP contribution in [0.2, 0.25) is 0 Å². The molecule has 1 rings (SSSR count). The molecule has 2 N–H and O–H groups in total. The molecular formula is C8H18N2. The zero-order chi connectivity index (χ0) is 7.56. The number of hydrogen-bond acceptors (Lipinski definition) is 2. The average molecular weight is 142 g/mol. The van der Waals surface area contributed by atoms with Gasteiger partial charge in [-0.25, -0.2) is 0 Å². The van der Waals surface area contributed by atoms with Gasteiger partial charge in [-0.15, -0.1) is 0 Å². The Labute approximate surface area is 63.4 Å². The van der Waals surface area contributed by atoms with Crippen LogP contribution in [0.4, 0.5) is 0 Å². The van der Waals surface area contributed by atoms with Gasteiger partial charge in [-0.1, -0.05) is 12.8 Å². The summed E-state index contributed by atoms with van der Waals surface area (Å²) in [6.07, 6.45) is 5.18. The van der Waals surface area contributed by atoms with E-state index in [9.17, 15) is 0 Å². The molecule has 2 atom stereocenters. The summed E-state index contributed by atoms with van der Waals surface area (Å²) in [5.41, 5.74) is 5.94. The first-order valence-corrected chi connectivity index (χ1v) is 4.14. The van der Waals surface area contributed by atoms with Crippen molar-refractivity contribution in [2.24, 2.45) is 5.73 Å². The number of rotatable bonds is 1. The van der Waals surface area contributed by atoms with E-state index in [0.717, 1.165) is 0 Å². The van der Waals surface area contributed by atoms with Crippen LogP contribution in [0.5, 0.6) is 0 Å². The van der Waals surface area contributed by atoms with Gasteiger partial charge in [-0.3, -0.25) is 0 Å². The van der Waals surface area contributed by atoms with E-state index in [2.05, 4.69) is 19.0 Å². The molecule has 0 saturated heterocycles. The third-order valence-corrected chi connectivity index (χ3v) is 2.44. The van der Waals surface area contributed by atoms with E-state index in [0.29, 0.717) is 12.1 Å². The second-order valence-electron chi connectivity index (χ2n) is 3.48. The highest BCUT2D eigenvalue weighted by Gasteiger charge is 2.22. The van der Waals surface area contributed by atoms with Gasteiger partial charge in [-0.05, 0) is 26.9 Å². The molecule has 2 heteroatoms. The SMILES string of the molecule is CN(C)[C@@H]1CCCC[C@@H]1N. The van der Waals surface area contributed by atoms with Crippen LogP contribution in [0, 0.1) is 0 Å². The minimum absolute atomic E-state index is 0.420. The Morgan fingerprint density at radius 2 is 1.80 bits per heavy atom. The van der Waals surface area contributed by atoms with Crippen molar-refractivity contribution in [3.8, 4) is 0 Å². The normalized spacial score (nSPS) is 34.8. The summed E-state index contributed by atoms with van der Waals surface area (Å²) in [5, 5.41) is 0. The molecule has 1 aliphatic rings. The van der Waals surface area contributed by atoms with E-state index in [1.807, 2.05) is 0 Å². The molecule has 2 nitrogen and oxygen atoms in total. The molecular weight excluding hydrogens is 124 g/mol. The summed E-state index contributed by atoms with van der Waals surface area (Å²) in [5.74, 6) is 0. The van der Waals surface area contributed by atoms with Crippen molar-refractivity contribution in [1.82, 2.24) is 4.90 Å². The second kappa shape index (κ2) is 3.35. The maximum Gasteiger partial charge on any atom is 0.0241 e. The lowest BCUT2D eigenvalue weighted by Crippen LogP contribution is -2.46. The highest BCUT2D eigenvalue weighted by molar-refractivity contribution is 4.82. The first-order valence-electron chi connectivity index (χ1n) is 4.14. The van der Waals surface area contributed by atoms with E-state index < -0.39 is 0 Å². The van der Waals surface area contributed by atoms with Gasteiger partial charge in [0.2, 0.25) is 0 Å². The molecule has 0 aliphatic heterocycles. The third kappa shape index (κ3) is 1.70. The van der Waals surface area contributed by atoms with Crippen molar-refractivity contribution in [2.45, 2.75) is 37.8 Å². The first-order chi connectivity index (χ1) is 4.72. The van der Waals surface area contributed by atoms with Crippen LogP contribution in [0.1, 0.15) is 25.7 Å². The molecule has 0 bridgehead atoms. The second-order valence-corrected chi connectivity index (χ2v) is 3.48. The Hall–Kier alpha value is -0.0800. The lowest BCUT2D eigenvalue weighted by molar-refractivity contribution is 0.201. The van der Waals surface area contributed by atoms with Gasteiger partial charge in [0.25, 0.3) is 0 Å². The van der Waals surface area contributed by atoms with Crippen LogP contribution < -0.4 is 5.73 Å². The van der Waals surface area contributed by atoms with Gasteiger partial charge in [0.1, 0.15) is 0 Å². The van der Waals surface area contributed by atoms with E-state index in [1.165, 1.54) is 25.7 Å². The molecule has 10 heavy (non-hydrogen) atoms. The predicted molar refractivity (Wildman–Crippen MR) is 43.9 cm³/mol. The highest BCUT2D eigenvalue weighted by atomic mass is 15.1. The molecule has 0 heterocycles. The Balaban J connectivity index is 2.40. The maximum absolute atomic E-state index is 5.94. The van der Waals surface area contributed by atoms with Gasteiger partial charge in [0.15, 0.2) is 0 Å². The number of hydrogen-bond donors (Lipinski definition) is 1. The minimum Gasteiger partial charge on any atom is -0.326 e. The van der Waals surface area contributed by atoms with Gasteiger partial charge in [-0.2, -0.15) is 0 Å². The Bertz CT molecular complexity index is 101. The summed E-state index contributed by atoms with van der Waals surface area (Å²) in [6.45, 7) is 0. The largest absolute Gasteiger partial charge is 0.326 e. The molecule has 1 saturated carbocycles. The first kappa shape index (κ1) is 8.02. The van der Waals surface area contributed by atoms with Crippen LogP contribution in [0.3, 0.4) is 0 Å². The van der Waals surface area contributed by atoms with Crippen LogP contribution >= 0.6 is 0 Å². The van der Waals surface area contributed by atoms with Crippen molar-refractivity contribution in [1.29, 1.82) is 0 Å². The molecule has 0 radical (unpaired) electrons. The topological polar surface area (TPSA) is 29.3 Å². The van der Waals surface area contributed by atoms with Gasteiger partial charge in [0, 0.05) is 12.1 Å². The zero-order valence-corrected chi connectivity index (χ0v) is 7.01.